The summed E-state index contributed by atoms with van der Waals surface area (Å²) in [7, 11) is 0. The SMILES string of the molecule is CCC(C)(C(=O)CC1CC2CCC1C2)N1CCCC1. The van der Waals surface area contributed by atoms with E-state index in [0.717, 1.165) is 43.7 Å². The summed E-state index contributed by atoms with van der Waals surface area (Å²) in [6.45, 7) is 6.66. The maximum Gasteiger partial charge on any atom is 0.153 e. The Kier molecular flexibility index (Phi) is 3.72. The van der Waals surface area contributed by atoms with E-state index in [1.54, 1.807) is 0 Å². The molecule has 3 rings (SSSR count). The van der Waals surface area contributed by atoms with E-state index in [2.05, 4.69) is 18.7 Å². The van der Waals surface area contributed by atoms with Crippen molar-refractivity contribution in [1.82, 2.24) is 4.90 Å². The molecule has 1 aliphatic heterocycles. The van der Waals surface area contributed by atoms with Crippen LogP contribution in [0.15, 0.2) is 0 Å². The molecule has 19 heavy (non-hydrogen) atoms. The highest BCUT2D eigenvalue weighted by Crippen LogP contribution is 2.50. The van der Waals surface area contributed by atoms with Crippen LogP contribution in [0.4, 0.5) is 0 Å². The lowest BCUT2D eigenvalue weighted by molar-refractivity contribution is -0.131. The van der Waals surface area contributed by atoms with Crippen LogP contribution in [0.1, 0.15) is 65.2 Å². The highest BCUT2D eigenvalue weighted by atomic mass is 16.1. The van der Waals surface area contributed by atoms with Crippen molar-refractivity contribution in [1.29, 1.82) is 0 Å². The maximum atomic E-state index is 12.9. The lowest BCUT2D eigenvalue weighted by atomic mass is 9.79. The van der Waals surface area contributed by atoms with Crippen molar-refractivity contribution >= 4 is 5.78 Å². The second-order valence-electron chi connectivity index (χ2n) is 7.38. The van der Waals surface area contributed by atoms with Crippen LogP contribution in [0.5, 0.6) is 0 Å². The fourth-order valence-electron chi connectivity index (χ4n) is 4.89. The minimum Gasteiger partial charge on any atom is -0.298 e. The second-order valence-corrected chi connectivity index (χ2v) is 7.38. The molecule has 3 aliphatic rings. The molecule has 0 N–H and O–H groups in total. The van der Waals surface area contributed by atoms with Gasteiger partial charge in [0.05, 0.1) is 5.54 Å². The lowest BCUT2D eigenvalue weighted by Crippen LogP contribution is -2.51. The van der Waals surface area contributed by atoms with Crippen molar-refractivity contribution in [2.45, 2.75) is 70.8 Å². The molecule has 2 nitrogen and oxygen atoms in total. The third-order valence-corrected chi connectivity index (χ3v) is 6.43. The number of nitrogens with zero attached hydrogens (tertiary/aromatic N) is 1. The highest BCUT2D eigenvalue weighted by Gasteiger charge is 2.44. The Balaban J connectivity index is 1.64. The maximum absolute atomic E-state index is 12.9. The fourth-order valence-corrected chi connectivity index (χ4v) is 4.89. The number of ketones is 1. The number of Topliss-reactive ketones (excluding diaryl/α,β-unsaturated/α-hetero) is 1. The third-order valence-electron chi connectivity index (χ3n) is 6.43. The fraction of sp³-hybridized carbons (Fsp3) is 0.941. The molecule has 3 fully saturated rings. The quantitative estimate of drug-likeness (QED) is 0.754. The van der Waals surface area contributed by atoms with Gasteiger partial charge in [-0.15, -0.1) is 0 Å². The number of hydrogen-bond donors (Lipinski definition) is 0. The average molecular weight is 263 g/mol. The van der Waals surface area contributed by atoms with Gasteiger partial charge in [-0.2, -0.15) is 0 Å². The van der Waals surface area contributed by atoms with E-state index in [0.29, 0.717) is 5.78 Å². The topological polar surface area (TPSA) is 20.3 Å². The summed E-state index contributed by atoms with van der Waals surface area (Å²) in [5, 5.41) is 0. The van der Waals surface area contributed by atoms with Crippen molar-refractivity contribution in [2.75, 3.05) is 13.1 Å². The van der Waals surface area contributed by atoms with Gasteiger partial charge in [0.1, 0.15) is 0 Å². The van der Waals surface area contributed by atoms with Gasteiger partial charge in [-0.1, -0.05) is 13.3 Å². The van der Waals surface area contributed by atoms with Gasteiger partial charge >= 0.3 is 0 Å². The molecule has 2 heteroatoms. The number of likely N-dealkylation sites (tertiary alicyclic amines) is 1. The van der Waals surface area contributed by atoms with Crippen LogP contribution < -0.4 is 0 Å². The Hall–Kier alpha value is -0.370. The van der Waals surface area contributed by atoms with Gasteiger partial charge in [-0.05, 0) is 76.3 Å². The van der Waals surface area contributed by atoms with Gasteiger partial charge in [0, 0.05) is 6.42 Å². The molecule has 4 unspecified atom stereocenters. The van der Waals surface area contributed by atoms with Gasteiger partial charge in [-0.25, -0.2) is 0 Å². The molecule has 2 saturated carbocycles. The zero-order chi connectivity index (χ0) is 13.5. The van der Waals surface area contributed by atoms with Crippen molar-refractivity contribution in [3.63, 3.8) is 0 Å². The summed E-state index contributed by atoms with van der Waals surface area (Å²) in [5.74, 6) is 3.10. The van der Waals surface area contributed by atoms with Crippen molar-refractivity contribution in [3.8, 4) is 0 Å². The largest absolute Gasteiger partial charge is 0.298 e. The standard InChI is InChI=1S/C17H29NO/c1-3-17(2,18-8-4-5-9-18)16(19)12-15-11-13-6-7-14(15)10-13/h13-15H,3-12H2,1-2H3. The van der Waals surface area contributed by atoms with E-state index >= 15 is 0 Å². The first-order chi connectivity index (χ1) is 9.13. The predicted molar refractivity (Wildman–Crippen MR) is 78.1 cm³/mol. The Morgan fingerprint density at radius 1 is 1.21 bits per heavy atom. The number of carbonyl (C=O) groups excluding carboxylic acids is 1. The van der Waals surface area contributed by atoms with Gasteiger partial charge in [-0.3, -0.25) is 9.69 Å². The number of rotatable bonds is 5. The van der Waals surface area contributed by atoms with Crippen LogP contribution in [-0.2, 0) is 4.79 Å². The summed E-state index contributed by atoms with van der Waals surface area (Å²) in [5.41, 5.74) is -0.168. The van der Waals surface area contributed by atoms with E-state index in [1.807, 2.05) is 0 Å². The molecule has 1 heterocycles. The molecule has 0 amide bonds. The molecule has 0 aromatic rings. The predicted octanol–water partition coefficient (Wildman–Crippen LogP) is 3.65. The Labute approximate surface area is 117 Å². The average Bonchev–Trinajstić information content (AvgIpc) is 3.14. The van der Waals surface area contributed by atoms with Crippen LogP contribution in [0, 0.1) is 17.8 Å². The molecule has 0 spiro atoms. The highest BCUT2D eigenvalue weighted by molar-refractivity contribution is 5.88. The Morgan fingerprint density at radius 3 is 2.47 bits per heavy atom. The first kappa shape index (κ1) is 13.6. The summed E-state index contributed by atoms with van der Waals surface area (Å²) >= 11 is 0. The third kappa shape index (κ3) is 2.37. The lowest BCUT2D eigenvalue weighted by Gasteiger charge is -2.38. The number of fused-ring (bicyclic) bond motifs is 2. The molecule has 4 atom stereocenters. The number of carbonyl (C=O) groups is 1. The van der Waals surface area contributed by atoms with Gasteiger partial charge in [0.15, 0.2) is 5.78 Å². The van der Waals surface area contributed by atoms with E-state index < -0.39 is 0 Å². The van der Waals surface area contributed by atoms with Crippen LogP contribution in [-0.4, -0.2) is 29.3 Å². The molecule has 2 aliphatic carbocycles. The van der Waals surface area contributed by atoms with Crippen LogP contribution in [0.2, 0.25) is 0 Å². The molecule has 1 saturated heterocycles. The molecular formula is C17H29NO. The molecule has 0 aromatic heterocycles. The summed E-state index contributed by atoms with van der Waals surface area (Å²) in [4.78, 5) is 15.3. The van der Waals surface area contributed by atoms with E-state index in [9.17, 15) is 4.79 Å². The van der Waals surface area contributed by atoms with Crippen LogP contribution >= 0.6 is 0 Å². The molecule has 0 aromatic carbocycles. The zero-order valence-corrected chi connectivity index (χ0v) is 12.7. The van der Waals surface area contributed by atoms with E-state index in [-0.39, 0.29) is 5.54 Å². The van der Waals surface area contributed by atoms with Gasteiger partial charge < -0.3 is 0 Å². The monoisotopic (exact) mass is 263 g/mol. The molecular weight excluding hydrogens is 234 g/mol. The summed E-state index contributed by atoms with van der Waals surface area (Å²) < 4.78 is 0. The number of hydrogen-bond acceptors (Lipinski definition) is 2. The first-order valence-electron chi connectivity index (χ1n) is 8.42. The normalized spacial score (nSPS) is 37.7. The van der Waals surface area contributed by atoms with E-state index in [1.165, 1.54) is 38.5 Å². The minimum absolute atomic E-state index is 0.168. The minimum atomic E-state index is -0.168. The summed E-state index contributed by atoms with van der Waals surface area (Å²) in [6.07, 6.45) is 9.99. The van der Waals surface area contributed by atoms with Crippen LogP contribution in [0.3, 0.4) is 0 Å². The summed E-state index contributed by atoms with van der Waals surface area (Å²) in [6, 6.07) is 0. The van der Waals surface area contributed by atoms with Gasteiger partial charge in [0.2, 0.25) is 0 Å². The van der Waals surface area contributed by atoms with Crippen molar-refractivity contribution in [3.05, 3.63) is 0 Å². The second kappa shape index (κ2) is 5.20. The van der Waals surface area contributed by atoms with Crippen LogP contribution in [0.25, 0.3) is 0 Å². The molecule has 0 radical (unpaired) electrons. The smallest absolute Gasteiger partial charge is 0.153 e. The Bertz CT molecular complexity index is 347. The van der Waals surface area contributed by atoms with E-state index in [4.69, 9.17) is 0 Å². The van der Waals surface area contributed by atoms with Gasteiger partial charge in [0.25, 0.3) is 0 Å². The molecule has 2 bridgehead atoms. The van der Waals surface area contributed by atoms with Crippen molar-refractivity contribution < 1.29 is 4.79 Å². The molecule has 108 valence electrons. The van der Waals surface area contributed by atoms with Crippen molar-refractivity contribution in [2.24, 2.45) is 17.8 Å². The zero-order valence-electron chi connectivity index (χ0n) is 12.7. The Morgan fingerprint density at radius 2 is 1.95 bits per heavy atom. The first-order valence-corrected chi connectivity index (χ1v) is 8.42.